The highest BCUT2D eigenvalue weighted by Crippen LogP contribution is 2.31. The largest absolute Gasteiger partial charge is 0.350 e. The summed E-state index contributed by atoms with van der Waals surface area (Å²) in [5, 5.41) is 6.73. The summed E-state index contributed by atoms with van der Waals surface area (Å²) in [5.41, 5.74) is 7.80. The van der Waals surface area contributed by atoms with Crippen molar-refractivity contribution in [2.45, 2.75) is 37.0 Å². The molecule has 3 heterocycles. The number of carbonyl (C=O) groups excluding carboxylic acids is 1. The predicted octanol–water partition coefficient (Wildman–Crippen LogP) is 0.00250. The highest BCUT2D eigenvalue weighted by Gasteiger charge is 2.43. The van der Waals surface area contributed by atoms with Crippen LogP contribution in [0.4, 0.5) is 0 Å². The van der Waals surface area contributed by atoms with E-state index in [-0.39, 0.29) is 24.0 Å². The fraction of sp³-hybridized carbons (Fsp3) is 0.611. The zero-order valence-corrected chi connectivity index (χ0v) is 14.2. The van der Waals surface area contributed by atoms with E-state index in [2.05, 4.69) is 57.7 Å². The van der Waals surface area contributed by atoms with E-state index in [0.29, 0.717) is 12.0 Å². The van der Waals surface area contributed by atoms with Crippen molar-refractivity contribution in [1.82, 2.24) is 26.4 Å². The second kappa shape index (κ2) is 6.80. The van der Waals surface area contributed by atoms with Crippen molar-refractivity contribution in [3.05, 3.63) is 35.9 Å². The van der Waals surface area contributed by atoms with E-state index in [4.69, 9.17) is 0 Å². The van der Waals surface area contributed by atoms with Crippen LogP contribution in [0.2, 0.25) is 0 Å². The predicted molar refractivity (Wildman–Crippen MR) is 93.2 cm³/mol. The lowest BCUT2D eigenvalue weighted by Crippen LogP contribution is -2.52. The molecular weight excluding hydrogens is 302 g/mol. The molecule has 24 heavy (non-hydrogen) atoms. The van der Waals surface area contributed by atoms with Gasteiger partial charge in [-0.25, -0.2) is 5.43 Å². The molecule has 6 heteroatoms. The Morgan fingerprint density at radius 3 is 2.88 bits per heavy atom. The van der Waals surface area contributed by atoms with Crippen LogP contribution in [0.1, 0.15) is 24.4 Å². The summed E-state index contributed by atoms with van der Waals surface area (Å²) in [5.74, 6) is 0.452. The summed E-state index contributed by atoms with van der Waals surface area (Å²) in [6, 6.07) is 11.2. The molecule has 6 nitrogen and oxygen atoms in total. The number of amides is 1. The number of nitrogens with one attached hydrogen (secondary N) is 4. The summed E-state index contributed by atoms with van der Waals surface area (Å²) in [6.07, 6.45) is 2.06. The maximum Gasteiger partial charge on any atom is 0.239 e. The zero-order chi connectivity index (χ0) is 16.5. The first-order valence-corrected chi connectivity index (χ1v) is 9.01. The van der Waals surface area contributed by atoms with Crippen LogP contribution in [-0.4, -0.2) is 55.6 Å². The average molecular weight is 329 g/mol. The van der Waals surface area contributed by atoms with E-state index in [1.54, 1.807) is 0 Å². The Bertz CT molecular complexity index is 580. The van der Waals surface area contributed by atoms with Crippen molar-refractivity contribution >= 4 is 5.91 Å². The third kappa shape index (κ3) is 2.95. The average Bonchev–Trinajstić information content (AvgIpc) is 3.19. The minimum absolute atomic E-state index is 0.125. The Morgan fingerprint density at radius 2 is 2.04 bits per heavy atom. The molecule has 130 valence electrons. The topological polar surface area (TPSA) is 68.4 Å². The number of hydrogen-bond acceptors (Lipinski definition) is 5. The molecule has 4 N–H and O–H groups in total. The first-order chi connectivity index (χ1) is 11.7. The van der Waals surface area contributed by atoms with Gasteiger partial charge in [-0.2, -0.15) is 0 Å². The van der Waals surface area contributed by atoms with Gasteiger partial charge in [0, 0.05) is 31.1 Å². The molecule has 0 bridgehead atoms. The van der Waals surface area contributed by atoms with Gasteiger partial charge in [0.25, 0.3) is 0 Å². The van der Waals surface area contributed by atoms with Gasteiger partial charge >= 0.3 is 0 Å². The number of rotatable bonds is 3. The van der Waals surface area contributed by atoms with E-state index >= 15 is 0 Å². The van der Waals surface area contributed by atoms with Crippen LogP contribution < -0.4 is 21.5 Å². The number of likely N-dealkylation sites (N-methyl/N-ethyl adjacent to an activating group) is 1. The molecule has 1 amide bonds. The summed E-state index contributed by atoms with van der Waals surface area (Å²) in [7, 11) is 2.14. The fourth-order valence-corrected chi connectivity index (χ4v) is 4.48. The molecule has 0 aromatic heterocycles. The van der Waals surface area contributed by atoms with E-state index in [9.17, 15) is 4.79 Å². The number of carbonyl (C=O) groups is 1. The summed E-state index contributed by atoms with van der Waals surface area (Å²) in [6.45, 7) is 2.93. The second-order valence-corrected chi connectivity index (χ2v) is 7.27. The van der Waals surface area contributed by atoms with Gasteiger partial charge in [-0.1, -0.05) is 30.3 Å². The molecule has 3 aliphatic rings. The number of hydrazine groups is 1. The van der Waals surface area contributed by atoms with E-state index in [1.165, 1.54) is 5.56 Å². The molecule has 3 aliphatic heterocycles. The first kappa shape index (κ1) is 16.0. The quantitative estimate of drug-likeness (QED) is 0.629. The van der Waals surface area contributed by atoms with Crippen molar-refractivity contribution in [3.63, 3.8) is 0 Å². The lowest BCUT2D eigenvalue weighted by molar-refractivity contribution is -0.124. The molecule has 0 radical (unpaired) electrons. The van der Waals surface area contributed by atoms with Gasteiger partial charge < -0.3 is 10.6 Å². The molecule has 1 aromatic carbocycles. The smallest absolute Gasteiger partial charge is 0.239 e. The second-order valence-electron chi connectivity index (χ2n) is 7.27. The molecule has 3 fully saturated rings. The Hall–Kier alpha value is -1.47. The van der Waals surface area contributed by atoms with Gasteiger partial charge in [-0.3, -0.25) is 15.1 Å². The van der Waals surface area contributed by atoms with Gasteiger partial charge in [-0.05, 0) is 32.0 Å². The lowest BCUT2D eigenvalue weighted by atomic mass is 9.88. The fourth-order valence-electron chi connectivity index (χ4n) is 4.48. The normalized spacial score (nSPS) is 36.5. The molecule has 0 spiro atoms. The third-order valence-corrected chi connectivity index (χ3v) is 5.78. The number of piperidine rings is 1. The van der Waals surface area contributed by atoms with Crippen LogP contribution in [-0.2, 0) is 4.79 Å². The Labute approximate surface area is 143 Å². The van der Waals surface area contributed by atoms with E-state index < -0.39 is 0 Å². The van der Waals surface area contributed by atoms with Gasteiger partial charge in [0.2, 0.25) is 5.91 Å². The molecule has 1 aromatic rings. The monoisotopic (exact) mass is 329 g/mol. The first-order valence-electron chi connectivity index (χ1n) is 9.01. The summed E-state index contributed by atoms with van der Waals surface area (Å²) < 4.78 is 0. The standard InChI is InChI=1S/C18H27N5O/c1-23-10-8-15(17(23)12-5-3-2-4-6-12)20-18(24)16-13-11-19-9-7-14(13)21-22-16/h2-6,13-17,19,21-22H,7-11H2,1H3,(H,20,24). The zero-order valence-electron chi connectivity index (χ0n) is 14.2. The Balaban J connectivity index is 1.45. The van der Waals surface area contributed by atoms with E-state index in [0.717, 1.165) is 32.5 Å². The van der Waals surface area contributed by atoms with Gasteiger partial charge in [0.1, 0.15) is 6.04 Å². The minimum Gasteiger partial charge on any atom is -0.350 e. The van der Waals surface area contributed by atoms with Crippen LogP contribution >= 0.6 is 0 Å². The number of nitrogens with zero attached hydrogens (tertiary/aromatic N) is 1. The molecule has 5 atom stereocenters. The Morgan fingerprint density at radius 1 is 1.21 bits per heavy atom. The van der Waals surface area contributed by atoms with Crippen molar-refractivity contribution in [2.24, 2.45) is 5.92 Å². The van der Waals surface area contributed by atoms with Gasteiger partial charge in [-0.15, -0.1) is 0 Å². The number of benzene rings is 1. The van der Waals surface area contributed by atoms with Crippen molar-refractivity contribution in [2.75, 3.05) is 26.7 Å². The SMILES string of the molecule is CN1CCC(NC(=O)C2NNC3CCNCC32)C1c1ccccc1. The van der Waals surface area contributed by atoms with Crippen molar-refractivity contribution in [1.29, 1.82) is 0 Å². The lowest BCUT2D eigenvalue weighted by Gasteiger charge is -2.30. The highest BCUT2D eigenvalue weighted by atomic mass is 16.2. The molecule has 0 aliphatic carbocycles. The van der Waals surface area contributed by atoms with Crippen molar-refractivity contribution < 1.29 is 4.79 Å². The van der Waals surface area contributed by atoms with Crippen LogP contribution in [0, 0.1) is 5.92 Å². The number of fused-ring (bicyclic) bond motifs is 1. The maximum atomic E-state index is 12.9. The maximum absolute atomic E-state index is 12.9. The number of likely N-dealkylation sites (tertiary alicyclic amines) is 1. The molecule has 4 rings (SSSR count). The molecular formula is C18H27N5O. The molecule has 5 unspecified atom stereocenters. The third-order valence-electron chi connectivity index (χ3n) is 5.78. The van der Waals surface area contributed by atoms with Gasteiger partial charge in [0.15, 0.2) is 0 Å². The van der Waals surface area contributed by atoms with Gasteiger partial charge in [0.05, 0.1) is 6.04 Å². The molecule has 0 saturated carbocycles. The van der Waals surface area contributed by atoms with Crippen LogP contribution in [0.5, 0.6) is 0 Å². The van der Waals surface area contributed by atoms with Crippen LogP contribution in [0.3, 0.4) is 0 Å². The molecule has 3 saturated heterocycles. The Kier molecular flexibility index (Phi) is 4.54. The highest BCUT2D eigenvalue weighted by molar-refractivity contribution is 5.83. The number of hydrogen-bond donors (Lipinski definition) is 4. The van der Waals surface area contributed by atoms with Crippen LogP contribution in [0.25, 0.3) is 0 Å². The van der Waals surface area contributed by atoms with Crippen LogP contribution in [0.15, 0.2) is 30.3 Å². The minimum atomic E-state index is -0.148. The summed E-state index contributed by atoms with van der Waals surface area (Å²) in [4.78, 5) is 15.2. The van der Waals surface area contributed by atoms with Crippen molar-refractivity contribution in [3.8, 4) is 0 Å². The van der Waals surface area contributed by atoms with E-state index in [1.807, 2.05) is 6.07 Å². The summed E-state index contributed by atoms with van der Waals surface area (Å²) >= 11 is 0.